The molecular weight excluding hydrogens is 290 g/mol. The maximum absolute atomic E-state index is 11.7. The van der Waals surface area contributed by atoms with Crippen LogP contribution in [-0.4, -0.2) is 20.3 Å². The van der Waals surface area contributed by atoms with Gasteiger partial charge in [-0.1, -0.05) is 35.0 Å². The molecule has 16 heavy (non-hydrogen) atoms. The highest BCUT2D eigenvalue weighted by Gasteiger charge is 2.11. The zero-order chi connectivity index (χ0) is 12.0. The fourth-order valence-corrected chi connectivity index (χ4v) is 2.86. The molecule has 0 aliphatic heterocycles. The lowest BCUT2D eigenvalue weighted by Gasteiger charge is -2.06. The molecule has 1 rings (SSSR count). The van der Waals surface area contributed by atoms with E-state index in [4.69, 9.17) is 0 Å². The number of hydrogen-bond donors (Lipinski definition) is 1. The average molecular weight is 306 g/mol. The minimum absolute atomic E-state index is 0.333. The van der Waals surface area contributed by atoms with Crippen LogP contribution in [0.1, 0.15) is 18.9 Å². The largest absolute Gasteiger partial charge is 0.240 e. The normalized spacial score (nSPS) is 11.6. The van der Waals surface area contributed by atoms with Crippen LogP contribution in [0, 0.1) is 0 Å². The molecular formula is C11H16BrNO2S. The molecule has 1 aromatic carbocycles. The van der Waals surface area contributed by atoms with Crippen molar-refractivity contribution in [2.45, 2.75) is 24.7 Å². The Morgan fingerprint density at radius 3 is 2.38 bits per heavy atom. The molecule has 0 heterocycles. The van der Waals surface area contributed by atoms with Gasteiger partial charge in [0, 0.05) is 11.9 Å². The lowest BCUT2D eigenvalue weighted by Crippen LogP contribution is -2.24. The van der Waals surface area contributed by atoms with Gasteiger partial charge in [0.15, 0.2) is 0 Å². The second-order valence-electron chi connectivity index (χ2n) is 3.48. The summed E-state index contributed by atoms with van der Waals surface area (Å²) in [6.07, 6.45) is 1.70. The van der Waals surface area contributed by atoms with Crippen LogP contribution in [0.4, 0.5) is 0 Å². The van der Waals surface area contributed by atoms with Crippen LogP contribution in [-0.2, 0) is 16.4 Å². The summed E-state index contributed by atoms with van der Waals surface area (Å²) in [4.78, 5) is 0.333. The van der Waals surface area contributed by atoms with E-state index in [-0.39, 0.29) is 0 Å². The van der Waals surface area contributed by atoms with Crippen molar-refractivity contribution in [3.8, 4) is 0 Å². The van der Waals surface area contributed by atoms with Crippen molar-refractivity contribution in [1.82, 2.24) is 4.72 Å². The Labute approximate surface area is 105 Å². The third-order valence-corrected chi connectivity index (χ3v) is 4.03. The number of hydrogen-bond acceptors (Lipinski definition) is 2. The molecule has 0 aromatic heterocycles. The van der Waals surface area contributed by atoms with Crippen LogP contribution in [0.25, 0.3) is 0 Å². The molecule has 1 aromatic rings. The van der Waals surface area contributed by atoms with Crippen LogP contribution in [0.3, 0.4) is 0 Å². The van der Waals surface area contributed by atoms with E-state index in [9.17, 15) is 8.42 Å². The summed E-state index contributed by atoms with van der Waals surface area (Å²) < 4.78 is 26.0. The van der Waals surface area contributed by atoms with Gasteiger partial charge in [-0.3, -0.25) is 0 Å². The first-order valence-electron chi connectivity index (χ1n) is 5.24. The summed E-state index contributed by atoms with van der Waals surface area (Å²) in [7, 11) is -3.32. The molecule has 0 fully saturated rings. The molecule has 1 N–H and O–H groups in total. The van der Waals surface area contributed by atoms with Gasteiger partial charge in [-0.2, -0.15) is 0 Å². The summed E-state index contributed by atoms with van der Waals surface area (Å²) in [5, 5.41) is 0.882. The number of aryl methyl sites for hydroxylation is 1. The molecule has 3 nitrogen and oxygen atoms in total. The highest BCUT2D eigenvalue weighted by molar-refractivity contribution is 9.09. The van der Waals surface area contributed by atoms with Gasteiger partial charge in [-0.05, 0) is 30.5 Å². The third-order valence-electron chi connectivity index (χ3n) is 2.16. The van der Waals surface area contributed by atoms with Crippen molar-refractivity contribution in [3.05, 3.63) is 29.8 Å². The van der Waals surface area contributed by atoms with Crippen molar-refractivity contribution in [2.75, 3.05) is 11.9 Å². The van der Waals surface area contributed by atoms with E-state index >= 15 is 0 Å². The Kier molecular flexibility index (Phi) is 5.44. The Morgan fingerprint density at radius 1 is 1.25 bits per heavy atom. The first-order valence-corrected chi connectivity index (χ1v) is 7.85. The van der Waals surface area contributed by atoms with Gasteiger partial charge >= 0.3 is 0 Å². The van der Waals surface area contributed by atoms with Crippen molar-refractivity contribution in [2.24, 2.45) is 0 Å². The second kappa shape index (κ2) is 6.37. The summed E-state index contributed by atoms with van der Waals surface area (Å²) in [6, 6.07) is 7.00. The first kappa shape index (κ1) is 13.7. The van der Waals surface area contributed by atoms with Crippen molar-refractivity contribution < 1.29 is 8.42 Å². The Hall–Kier alpha value is -0.390. The minimum atomic E-state index is -3.32. The fraction of sp³-hybridized carbons (Fsp3) is 0.455. The molecule has 0 amide bonds. The van der Waals surface area contributed by atoms with Gasteiger partial charge in [0.2, 0.25) is 10.0 Å². The van der Waals surface area contributed by atoms with E-state index in [1.165, 1.54) is 0 Å². The maximum atomic E-state index is 11.7. The molecule has 0 saturated heterocycles. The number of nitrogens with one attached hydrogen (secondary N) is 1. The van der Waals surface area contributed by atoms with Gasteiger partial charge < -0.3 is 0 Å². The number of halogens is 1. The SMILES string of the molecule is CCCNS(=O)(=O)c1ccc(CCBr)cc1. The first-order chi connectivity index (χ1) is 7.60. The highest BCUT2D eigenvalue weighted by atomic mass is 79.9. The van der Waals surface area contributed by atoms with Gasteiger partial charge in [0.1, 0.15) is 0 Å². The zero-order valence-corrected chi connectivity index (χ0v) is 11.6. The van der Waals surface area contributed by atoms with Crippen LogP contribution >= 0.6 is 15.9 Å². The third kappa shape index (κ3) is 3.88. The summed E-state index contributed by atoms with van der Waals surface area (Å²) in [5.74, 6) is 0. The Balaban J connectivity index is 2.80. The minimum Gasteiger partial charge on any atom is -0.211 e. The van der Waals surface area contributed by atoms with Crippen LogP contribution < -0.4 is 4.72 Å². The number of alkyl halides is 1. The molecule has 0 aliphatic rings. The quantitative estimate of drug-likeness (QED) is 0.820. The average Bonchev–Trinajstić information content (AvgIpc) is 2.28. The summed E-state index contributed by atoms with van der Waals surface area (Å²) in [5.41, 5.74) is 1.13. The molecule has 0 saturated carbocycles. The van der Waals surface area contributed by atoms with Crippen LogP contribution in [0.15, 0.2) is 29.2 Å². The van der Waals surface area contributed by atoms with Crippen LogP contribution in [0.2, 0.25) is 0 Å². The van der Waals surface area contributed by atoms with E-state index in [2.05, 4.69) is 20.7 Å². The van der Waals surface area contributed by atoms with Crippen molar-refractivity contribution in [3.63, 3.8) is 0 Å². The van der Waals surface area contributed by atoms with Crippen molar-refractivity contribution >= 4 is 26.0 Å². The van der Waals surface area contributed by atoms with Gasteiger partial charge in [-0.25, -0.2) is 13.1 Å². The Morgan fingerprint density at radius 2 is 1.88 bits per heavy atom. The van der Waals surface area contributed by atoms with E-state index in [1.807, 2.05) is 19.1 Å². The van der Waals surface area contributed by atoms with E-state index in [1.54, 1.807) is 12.1 Å². The predicted molar refractivity (Wildman–Crippen MR) is 69.4 cm³/mol. The lowest BCUT2D eigenvalue weighted by atomic mass is 10.2. The fourth-order valence-electron chi connectivity index (χ4n) is 1.26. The highest BCUT2D eigenvalue weighted by Crippen LogP contribution is 2.11. The van der Waals surface area contributed by atoms with E-state index in [0.717, 1.165) is 23.7 Å². The smallest absolute Gasteiger partial charge is 0.211 e. The Bertz CT molecular complexity index is 414. The molecule has 0 bridgehead atoms. The predicted octanol–water partition coefficient (Wildman–Crippen LogP) is 2.31. The van der Waals surface area contributed by atoms with Crippen molar-refractivity contribution in [1.29, 1.82) is 0 Å². The molecule has 0 radical (unpaired) electrons. The number of benzene rings is 1. The van der Waals surface area contributed by atoms with E-state index < -0.39 is 10.0 Å². The molecule has 5 heteroatoms. The number of rotatable bonds is 6. The second-order valence-corrected chi connectivity index (χ2v) is 6.04. The summed E-state index contributed by atoms with van der Waals surface area (Å²) in [6.45, 7) is 2.41. The molecule has 0 spiro atoms. The monoisotopic (exact) mass is 305 g/mol. The van der Waals surface area contributed by atoms with Crippen LogP contribution in [0.5, 0.6) is 0 Å². The molecule has 0 atom stereocenters. The van der Waals surface area contributed by atoms with Gasteiger partial charge in [0.25, 0.3) is 0 Å². The molecule has 0 unspecified atom stereocenters. The van der Waals surface area contributed by atoms with Gasteiger partial charge in [-0.15, -0.1) is 0 Å². The van der Waals surface area contributed by atoms with Gasteiger partial charge in [0.05, 0.1) is 4.90 Å². The van der Waals surface area contributed by atoms with E-state index in [0.29, 0.717) is 11.4 Å². The molecule has 0 aliphatic carbocycles. The zero-order valence-electron chi connectivity index (χ0n) is 9.24. The maximum Gasteiger partial charge on any atom is 0.240 e. The number of sulfonamides is 1. The molecule has 90 valence electrons. The standard InChI is InChI=1S/C11H16BrNO2S/c1-2-9-13-16(14,15)11-5-3-10(4-6-11)7-8-12/h3-6,13H,2,7-9H2,1H3. The lowest BCUT2D eigenvalue weighted by molar-refractivity contribution is 0.581. The topological polar surface area (TPSA) is 46.2 Å². The summed E-state index contributed by atoms with van der Waals surface area (Å²) >= 11 is 3.35.